The minimum absolute atomic E-state index is 0.363. The number of carbonyl (C=O) groups excluding carboxylic acids is 1. The Balaban J connectivity index is 1.68. The monoisotopic (exact) mass is 313 g/mol. The number of ether oxygens (including phenoxy) is 1. The van der Waals surface area contributed by atoms with E-state index in [1.807, 2.05) is 30.3 Å². The molecule has 1 unspecified atom stereocenters. The minimum Gasteiger partial charge on any atom is -0.444 e. The SMILES string of the molecule is Nc1ccnc(N2CCN(C(OC=O)c3ccccc3)CC2)n1. The maximum absolute atomic E-state index is 10.9. The molecule has 1 aliphatic heterocycles. The molecule has 1 aliphatic rings. The zero-order valence-corrected chi connectivity index (χ0v) is 12.7. The van der Waals surface area contributed by atoms with Gasteiger partial charge in [0.15, 0.2) is 6.23 Å². The third-order valence-electron chi connectivity index (χ3n) is 3.86. The van der Waals surface area contributed by atoms with Crippen LogP contribution in [0.15, 0.2) is 42.6 Å². The van der Waals surface area contributed by atoms with Crippen LogP contribution in [0.5, 0.6) is 0 Å². The first kappa shape index (κ1) is 15.2. The van der Waals surface area contributed by atoms with E-state index in [0.29, 0.717) is 18.2 Å². The molecule has 0 aliphatic carbocycles. The molecule has 1 saturated heterocycles. The van der Waals surface area contributed by atoms with E-state index in [1.165, 1.54) is 0 Å². The van der Waals surface area contributed by atoms with Crippen LogP contribution >= 0.6 is 0 Å². The van der Waals surface area contributed by atoms with Crippen LogP contribution in [0.2, 0.25) is 0 Å². The lowest BCUT2D eigenvalue weighted by atomic mass is 10.1. The molecule has 2 aromatic rings. The number of piperazine rings is 1. The zero-order chi connectivity index (χ0) is 16.1. The van der Waals surface area contributed by atoms with E-state index in [9.17, 15) is 4.79 Å². The van der Waals surface area contributed by atoms with E-state index >= 15 is 0 Å². The van der Waals surface area contributed by atoms with Gasteiger partial charge in [-0.2, -0.15) is 4.98 Å². The normalized spacial score (nSPS) is 16.8. The second-order valence-corrected chi connectivity index (χ2v) is 5.30. The number of hydrogen-bond donors (Lipinski definition) is 1. The van der Waals surface area contributed by atoms with Crippen LogP contribution in [0, 0.1) is 0 Å². The maximum Gasteiger partial charge on any atom is 0.294 e. The number of benzene rings is 1. The third kappa shape index (κ3) is 3.57. The van der Waals surface area contributed by atoms with Gasteiger partial charge in [0.2, 0.25) is 5.95 Å². The molecular weight excluding hydrogens is 294 g/mol. The number of nitrogen functional groups attached to an aromatic ring is 1. The smallest absolute Gasteiger partial charge is 0.294 e. The Morgan fingerprint density at radius 1 is 1.13 bits per heavy atom. The molecule has 7 heteroatoms. The fourth-order valence-electron chi connectivity index (χ4n) is 2.72. The lowest BCUT2D eigenvalue weighted by molar-refractivity contribution is -0.144. The molecule has 7 nitrogen and oxygen atoms in total. The lowest BCUT2D eigenvalue weighted by Gasteiger charge is -2.38. The molecule has 2 heterocycles. The number of rotatable bonds is 5. The zero-order valence-electron chi connectivity index (χ0n) is 12.7. The summed E-state index contributed by atoms with van der Waals surface area (Å²) in [6.07, 6.45) is 1.30. The second kappa shape index (κ2) is 7.06. The summed E-state index contributed by atoms with van der Waals surface area (Å²) in [6.45, 7) is 3.48. The molecule has 3 rings (SSSR count). The Morgan fingerprint density at radius 3 is 2.52 bits per heavy atom. The number of hydrogen-bond acceptors (Lipinski definition) is 7. The first-order valence-electron chi connectivity index (χ1n) is 7.49. The standard InChI is InChI=1S/C16H19N5O2/c17-14-6-7-18-16(19-14)21-10-8-20(9-11-21)15(23-12-22)13-4-2-1-3-5-13/h1-7,12,15H,8-11H2,(H2,17,18,19). The Labute approximate surface area is 134 Å². The van der Waals surface area contributed by atoms with E-state index in [4.69, 9.17) is 10.5 Å². The highest BCUT2D eigenvalue weighted by atomic mass is 16.5. The van der Waals surface area contributed by atoms with Crippen LogP contribution in [0.25, 0.3) is 0 Å². The molecule has 0 amide bonds. The molecule has 1 atom stereocenters. The maximum atomic E-state index is 10.9. The number of anilines is 2. The lowest BCUT2D eigenvalue weighted by Crippen LogP contribution is -2.48. The third-order valence-corrected chi connectivity index (χ3v) is 3.86. The van der Waals surface area contributed by atoms with Gasteiger partial charge in [0, 0.05) is 37.9 Å². The van der Waals surface area contributed by atoms with Crippen LogP contribution in [0.3, 0.4) is 0 Å². The van der Waals surface area contributed by atoms with Crippen LogP contribution in [-0.2, 0) is 9.53 Å². The molecule has 1 aromatic carbocycles. The molecule has 0 saturated carbocycles. The number of aromatic nitrogens is 2. The molecule has 23 heavy (non-hydrogen) atoms. The summed E-state index contributed by atoms with van der Waals surface area (Å²) in [7, 11) is 0. The van der Waals surface area contributed by atoms with E-state index in [1.54, 1.807) is 12.3 Å². The van der Waals surface area contributed by atoms with Crippen molar-refractivity contribution in [3.63, 3.8) is 0 Å². The average molecular weight is 313 g/mol. The van der Waals surface area contributed by atoms with Crippen molar-refractivity contribution in [1.29, 1.82) is 0 Å². The molecule has 120 valence electrons. The highest BCUT2D eigenvalue weighted by Gasteiger charge is 2.27. The second-order valence-electron chi connectivity index (χ2n) is 5.30. The van der Waals surface area contributed by atoms with Gasteiger partial charge in [0.25, 0.3) is 6.47 Å². The molecule has 2 N–H and O–H groups in total. The highest BCUT2D eigenvalue weighted by Crippen LogP contribution is 2.23. The van der Waals surface area contributed by atoms with Crippen molar-refractivity contribution in [3.8, 4) is 0 Å². The van der Waals surface area contributed by atoms with Crippen molar-refractivity contribution in [1.82, 2.24) is 14.9 Å². The highest BCUT2D eigenvalue weighted by molar-refractivity contribution is 5.39. The van der Waals surface area contributed by atoms with Gasteiger partial charge in [-0.05, 0) is 6.07 Å². The summed E-state index contributed by atoms with van der Waals surface area (Å²) >= 11 is 0. The summed E-state index contributed by atoms with van der Waals surface area (Å²) in [4.78, 5) is 23.6. The Hall–Kier alpha value is -2.67. The summed E-state index contributed by atoms with van der Waals surface area (Å²) in [6, 6.07) is 11.4. The van der Waals surface area contributed by atoms with Gasteiger partial charge in [0.05, 0.1) is 0 Å². The summed E-state index contributed by atoms with van der Waals surface area (Å²) in [5.41, 5.74) is 6.68. The Morgan fingerprint density at radius 2 is 1.87 bits per heavy atom. The summed E-state index contributed by atoms with van der Waals surface area (Å²) < 4.78 is 5.30. The Kier molecular flexibility index (Phi) is 4.68. The van der Waals surface area contributed by atoms with E-state index in [0.717, 1.165) is 31.7 Å². The van der Waals surface area contributed by atoms with Crippen molar-refractivity contribution in [2.24, 2.45) is 0 Å². The fourth-order valence-corrected chi connectivity index (χ4v) is 2.72. The molecule has 0 spiro atoms. The minimum atomic E-state index is -0.363. The van der Waals surface area contributed by atoms with Crippen molar-refractivity contribution < 1.29 is 9.53 Å². The van der Waals surface area contributed by atoms with E-state index < -0.39 is 0 Å². The van der Waals surface area contributed by atoms with Crippen molar-refractivity contribution in [3.05, 3.63) is 48.2 Å². The van der Waals surface area contributed by atoms with E-state index in [-0.39, 0.29) is 6.23 Å². The number of nitrogens with zero attached hydrogens (tertiary/aromatic N) is 4. The average Bonchev–Trinajstić information content (AvgIpc) is 2.61. The van der Waals surface area contributed by atoms with Crippen LogP contribution in [0.1, 0.15) is 11.8 Å². The summed E-state index contributed by atoms with van der Waals surface area (Å²) in [5.74, 6) is 1.10. The number of nitrogens with two attached hydrogens (primary N) is 1. The molecule has 1 fully saturated rings. The van der Waals surface area contributed by atoms with Crippen LogP contribution in [-0.4, -0.2) is 47.5 Å². The van der Waals surface area contributed by atoms with Gasteiger partial charge in [-0.1, -0.05) is 30.3 Å². The van der Waals surface area contributed by atoms with Gasteiger partial charge in [-0.25, -0.2) is 4.98 Å². The van der Waals surface area contributed by atoms with Crippen molar-refractivity contribution >= 4 is 18.2 Å². The fraction of sp³-hybridized carbons (Fsp3) is 0.312. The first-order chi connectivity index (χ1) is 11.3. The molecule has 0 bridgehead atoms. The van der Waals surface area contributed by atoms with Gasteiger partial charge in [0.1, 0.15) is 5.82 Å². The molecule has 1 aromatic heterocycles. The van der Waals surface area contributed by atoms with E-state index in [2.05, 4.69) is 19.8 Å². The van der Waals surface area contributed by atoms with Gasteiger partial charge in [-0.15, -0.1) is 0 Å². The molecular formula is C16H19N5O2. The first-order valence-corrected chi connectivity index (χ1v) is 7.49. The van der Waals surface area contributed by atoms with Crippen LogP contribution < -0.4 is 10.6 Å². The van der Waals surface area contributed by atoms with Gasteiger partial charge in [-0.3, -0.25) is 9.69 Å². The van der Waals surface area contributed by atoms with Gasteiger partial charge < -0.3 is 15.4 Å². The predicted octanol–water partition coefficient (Wildman–Crippen LogP) is 1.05. The van der Waals surface area contributed by atoms with Crippen molar-refractivity contribution in [2.75, 3.05) is 36.8 Å². The quantitative estimate of drug-likeness (QED) is 0.826. The van der Waals surface area contributed by atoms with Crippen molar-refractivity contribution in [2.45, 2.75) is 6.23 Å². The largest absolute Gasteiger partial charge is 0.444 e. The predicted molar refractivity (Wildman–Crippen MR) is 86.6 cm³/mol. The number of carbonyl (C=O) groups is 1. The molecule has 0 radical (unpaired) electrons. The topological polar surface area (TPSA) is 84.6 Å². The summed E-state index contributed by atoms with van der Waals surface area (Å²) in [5, 5.41) is 0. The van der Waals surface area contributed by atoms with Gasteiger partial charge >= 0.3 is 0 Å². The Bertz CT molecular complexity index is 644. The van der Waals surface area contributed by atoms with Crippen LogP contribution in [0.4, 0.5) is 11.8 Å².